The Morgan fingerprint density at radius 1 is 1.15 bits per heavy atom. The van der Waals surface area contributed by atoms with Gasteiger partial charge in [-0.1, -0.05) is 41.4 Å². The standard InChI is InChI=1S/C20H19ClN4O2/c1-13-3-5-14(6-4-13)12-23-19(26)17-9-10-22-20(25-17)24-15-7-8-18(27-2)16(21)11-15/h3-11H,12H2,1-2H3,(H,23,26)(H,22,24,25). The van der Waals surface area contributed by atoms with Gasteiger partial charge in [0.1, 0.15) is 11.4 Å². The number of amides is 1. The predicted octanol–water partition coefficient (Wildman–Crippen LogP) is 4.12. The number of nitrogens with zero attached hydrogens (tertiary/aromatic N) is 2. The first-order valence-corrected chi connectivity index (χ1v) is 8.70. The fraction of sp³-hybridized carbons (Fsp3) is 0.150. The van der Waals surface area contributed by atoms with Gasteiger partial charge >= 0.3 is 0 Å². The Balaban J connectivity index is 1.66. The summed E-state index contributed by atoms with van der Waals surface area (Å²) < 4.78 is 5.13. The second kappa shape index (κ2) is 8.51. The fourth-order valence-corrected chi connectivity index (χ4v) is 2.66. The number of carbonyl (C=O) groups is 1. The van der Waals surface area contributed by atoms with E-state index in [1.807, 2.05) is 31.2 Å². The molecule has 0 spiro atoms. The molecule has 27 heavy (non-hydrogen) atoms. The Morgan fingerprint density at radius 3 is 2.63 bits per heavy atom. The third kappa shape index (κ3) is 4.95. The van der Waals surface area contributed by atoms with Crippen LogP contribution in [0.3, 0.4) is 0 Å². The number of rotatable bonds is 6. The smallest absolute Gasteiger partial charge is 0.270 e. The lowest BCUT2D eigenvalue weighted by Crippen LogP contribution is -2.24. The van der Waals surface area contributed by atoms with Crippen molar-refractivity contribution in [3.05, 3.63) is 76.6 Å². The second-order valence-corrected chi connectivity index (χ2v) is 6.32. The van der Waals surface area contributed by atoms with Gasteiger partial charge in [0.25, 0.3) is 5.91 Å². The maximum absolute atomic E-state index is 12.4. The Morgan fingerprint density at radius 2 is 1.93 bits per heavy atom. The molecule has 6 nitrogen and oxygen atoms in total. The number of hydrogen-bond acceptors (Lipinski definition) is 5. The van der Waals surface area contributed by atoms with Crippen molar-refractivity contribution in [2.24, 2.45) is 0 Å². The third-order valence-corrected chi connectivity index (χ3v) is 4.17. The number of nitrogens with one attached hydrogen (secondary N) is 2. The first-order chi connectivity index (χ1) is 13.0. The Bertz CT molecular complexity index is 945. The molecule has 0 bridgehead atoms. The van der Waals surface area contributed by atoms with Crippen LogP contribution in [0.15, 0.2) is 54.7 Å². The minimum absolute atomic E-state index is 0.270. The van der Waals surface area contributed by atoms with Gasteiger partial charge in [0.15, 0.2) is 0 Å². The molecular formula is C20H19ClN4O2. The van der Waals surface area contributed by atoms with Crippen LogP contribution in [0.4, 0.5) is 11.6 Å². The highest BCUT2D eigenvalue weighted by atomic mass is 35.5. The average molecular weight is 383 g/mol. The van der Waals surface area contributed by atoms with E-state index in [9.17, 15) is 4.79 Å². The lowest BCUT2D eigenvalue weighted by Gasteiger charge is -2.09. The van der Waals surface area contributed by atoms with Crippen molar-refractivity contribution < 1.29 is 9.53 Å². The van der Waals surface area contributed by atoms with Crippen LogP contribution in [0.2, 0.25) is 5.02 Å². The number of halogens is 1. The highest BCUT2D eigenvalue weighted by Crippen LogP contribution is 2.28. The van der Waals surface area contributed by atoms with Crippen LogP contribution < -0.4 is 15.4 Å². The predicted molar refractivity (Wildman–Crippen MR) is 106 cm³/mol. The van der Waals surface area contributed by atoms with Crippen molar-refractivity contribution in [1.29, 1.82) is 0 Å². The summed E-state index contributed by atoms with van der Waals surface area (Å²) in [5.74, 6) is 0.611. The normalized spacial score (nSPS) is 10.3. The first kappa shape index (κ1) is 18.7. The van der Waals surface area contributed by atoms with Crippen LogP contribution in [0, 0.1) is 6.92 Å². The summed E-state index contributed by atoms with van der Waals surface area (Å²) in [4.78, 5) is 20.8. The van der Waals surface area contributed by atoms with Crippen LogP contribution >= 0.6 is 11.6 Å². The van der Waals surface area contributed by atoms with Gasteiger partial charge < -0.3 is 15.4 Å². The van der Waals surface area contributed by atoms with Gasteiger partial charge in [0.05, 0.1) is 12.1 Å². The number of anilines is 2. The lowest BCUT2D eigenvalue weighted by atomic mass is 10.1. The van der Waals surface area contributed by atoms with Crippen molar-refractivity contribution in [3.63, 3.8) is 0 Å². The van der Waals surface area contributed by atoms with E-state index >= 15 is 0 Å². The summed E-state index contributed by atoms with van der Waals surface area (Å²) in [5, 5.41) is 6.35. The number of hydrogen-bond donors (Lipinski definition) is 2. The van der Waals surface area contributed by atoms with E-state index in [1.165, 1.54) is 11.8 Å². The lowest BCUT2D eigenvalue weighted by molar-refractivity contribution is 0.0946. The van der Waals surface area contributed by atoms with E-state index in [4.69, 9.17) is 16.3 Å². The molecule has 7 heteroatoms. The van der Waals surface area contributed by atoms with E-state index in [1.54, 1.807) is 31.4 Å². The first-order valence-electron chi connectivity index (χ1n) is 8.32. The number of benzene rings is 2. The van der Waals surface area contributed by atoms with Crippen LogP contribution in [0.5, 0.6) is 5.75 Å². The zero-order chi connectivity index (χ0) is 19.2. The van der Waals surface area contributed by atoms with Gasteiger partial charge in [0.2, 0.25) is 5.95 Å². The van der Waals surface area contributed by atoms with Crippen molar-refractivity contribution in [3.8, 4) is 5.75 Å². The van der Waals surface area contributed by atoms with E-state index in [0.717, 1.165) is 5.56 Å². The highest BCUT2D eigenvalue weighted by Gasteiger charge is 2.09. The highest BCUT2D eigenvalue weighted by molar-refractivity contribution is 6.32. The van der Waals surface area contributed by atoms with Gasteiger partial charge in [-0.2, -0.15) is 0 Å². The summed E-state index contributed by atoms with van der Waals surface area (Å²) >= 11 is 6.12. The molecule has 138 valence electrons. The molecule has 1 amide bonds. The van der Waals surface area contributed by atoms with Crippen LogP contribution in [0.1, 0.15) is 21.6 Å². The second-order valence-electron chi connectivity index (χ2n) is 5.91. The zero-order valence-electron chi connectivity index (χ0n) is 15.0. The summed E-state index contributed by atoms with van der Waals surface area (Å²) in [6, 6.07) is 14.8. The molecule has 0 aliphatic heterocycles. The molecule has 2 aromatic carbocycles. The minimum Gasteiger partial charge on any atom is -0.495 e. The van der Waals surface area contributed by atoms with Crippen LogP contribution in [-0.2, 0) is 6.54 Å². The molecule has 0 aliphatic carbocycles. The van der Waals surface area contributed by atoms with Crippen molar-refractivity contribution >= 4 is 29.1 Å². The maximum Gasteiger partial charge on any atom is 0.270 e. The van der Waals surface area contributed by atoms with Gasteiger partial charge in [-0.25, -0.2) is 9.97 Å². The number of aromatic nitrogens is 2. The van der Waals surface area contributed by atoms with Gasteiger partial charge in [0, 0.05) is 18.4 Å². The number of ether oxygens (including phenoxy) is 1. The van der Waals surface area contributed by atoms with E-state index in [0.29, 0.717) is 29.0 Å². The summed E-state index contributed by atoms with van der Waals surface area (Å²) in [6.07, 6.45) is 1.53. The molecule has 0 aliphatic rings. The summed E-state index contributed by atoms with van der Waals surface area (Å²) in [5.41, 5.74) is 3.17. The van der Waals surface area contributed by atoms with Crippen molar-refractivity contribution in [2.45, 2.75) is 13.5 Å². The monoisotopic (exact) mass is 382 g/mol. The molecule has 3 rings (SSSR count). The Kier molecular flexibility index (Phi) is 5.88. The largest absolute Gasteiger partial charge is 0.495 e. The molecule has 0 atom stereocenters. The van der Waals surface area contributed by atoms with Gasteiger partial charge in [-0.3, -0.25) is 4.79 Å². The molecule has 1 aromatic heterocycles. The zero-order valence-corrected chi connectivity index (χ0v) is 15.7. The fourth-order valence-electron chi connectivity index (χ4n) is 2.40. The van der Waals surface area contributed by atoms with Crippen LogP contribution in [0.25, 0.3) is 0 Å². The van der Waals surface area contributed by atoms with Crippen molar-refractivity contribution in [1.82, 2.24) is 15.3 Å². The molecule has 3 aromatic rings. The number of carbonyl (C=O) groups excluding carboxylic acids is 1. The minimum atomic E-state index is -0.270. The summed E-state index contributed by atoms with van der Waals surface area (Å²) in [6.45, 7) is 2.45. The maximum atomic E-state index is 12.4. The molecule has 0 radical (unpaired) electrons. The topological polar surface area (TPSA) is 76.1 Å². The quantitative estimate of drug-likeness (QED) is 0.670. The number of methoxy groups -OCH3 is 1. The van der Waals surface area contributed by atoms with Crippen molar-refractivity contribution in [2.75, 3.05) is 12.4 Å². The SMILES string of the molecule is COc1ccc(Nc2nccc(C(=O)NCc3ccc(C)cc3)n2)cc1Cl. The van der Waals surface area contributed by atoms with Gasteiger partial charge in [-0.05, 0) is 36.8 Å². The Hall–Kier alpha value is -3.12. The molecule has 1 heterocycles. The Labute approximate surface area is 162 Å². The summed E-state index contributed by atoms with van der Waals surface area (Å²) in [7, 11) is 1.55. The molecule has 0 unspecified atom stereocenters. The van der Waals surface area contributed by atoms with E-state index in [-0.39, 0.29) is 11.6 Å². The molecule has 2 N–H and O–H groups in total. The number of aryl methyl sites for hydroxylation is 1. The molecule has 0 fully saturated rings. The van der Waals surface area contributed by atoms with Gasteiger partial charge in [-0.15, -0.1) is 0 Å². The van der Waals surface area contributed by atoms with Crippen LogP contribution in [-0.4, -0.2) is 23.0 Å². The molecule has 0 saturated heterocycles. The van der Waals surface area contributed by atoms with E-state index < -0.39 is 0 Å². The third-order valence-electron chi connectivity index (χ3n) is 3.87. The molecule has 0 saturated carbocycles. The van der Waals surface area contributed by atoms with E-state index in [2.05, 4.69) is 20.6 Å². The molecular weight excluding hydrogens is 364 g/mol. The average Bonchev–Trinajstić information content (AvgIpc) is 2.68.